The molecule has 8 heteroatoms. The summed E-state index contributed by atoms with van der Waals surface area (Å²) in [5.41, 5.74) is -0.0448. The average Bonchev–Trinajstić information content (AvgIpc) is 2.91. The minimum Gasteiger partial charge on any atom is -0.323 e. The molecule has 1 aromatic carbocycles. The molecule has 2 rings (SSSR count). The fourth-order valence-electron chi connectivity index (χ4n) is 2.07. The molecule has 1 aromatic heterocycles. The van der Waals surface area contributed by atoms with Gasteiger partial charge in [-0.05, 0) is 26.0 Å². The van der Waals surface area contributed by atoms with Crippen molar-refractivity contribution in [3.63, 3.8) is 0 Å². The summed E-state index contributed by atoms with van der Waals surface area (Å²) in [6.45, 7) is 6.02. The molecule has 23 heavy (non-hydrogen) atoms. The Morgan fingerprint density at radius 3 is 2.70 bits per heavy atom. The van der Waals surface area contributed by atoms with Crippen LogP contribution in [-0.4, -0.2) is 26.4 Å². The monoisotopic (exact) mass is 340 g/mol. The van der Waals surface area contributed by atoms with Crippen molar-refractivity contribution in [2.24, 2.45) is 0 Å². The fourth-order valence-corrected chi connectivity index (χ4v) is 2.96. The molecule has 0 bridgehead atoms. The van der Waals surface area contributed by atoms with E-state index in [2.05, 4.69) is 15.5 Å². The van der Waals surface area contributed by atoms with E-state index >= 15 is 0 Å². The number of amides is 1. The third kappa shape index (κ3) is 4.28. The van der Waals surface area contributed by atoms with Gasteiger partial charge in [0.2, 0.25) is 5.91 Å². The van der Waals surface area contributed by atoms with E-state index < -0.39 is 17.5 Å². The van der Waals surface area contributed by atoms with Crippen LogP contribution in [0.1, 0.15) is 32.6 Å². The minimum absolute atomic E-state index is 0.0448. The molecule has 2 aromatic rings. The fraction of sp³-hybridized carbons (Fsp3) is 0.400. The zero-order valence-corrected chi connectivity index (χ0v) is 14.0. The molecule has 0 aliphatic rings. The predicted octanol–water partition coefficient (Wildman–Crippen LogP) is 3.43. The van der Waals surface area contributed by atoms with Gasteiger partial charge >= 0.3 is 0 Å². The van der Waals surface area contributed by atoms with Gasteiger partial charge in [0.15, 0.2) is 5.16 Å². The van der Waals surface area contributed by atoms with Crippen molar-refractivity contribution in [1.29, 1.82) is 0 Å². The number of benzene rings is 1. The Kier molecular flexibility index (Phi) is 5.70. The minimum atomic E-state index is -0.804. The van der Waals surface area contributed by atoms with Crippen LogP contribution in [-0.2, 0) is 11.2 Å². The van der Waals surface area contributed by atoms with Crippen LogP contribution in [0.4, 0.5) is 14.5 Å². The first-order valence-corrected chi connectivity index (χ1v) is 8.22. The molecule has 1 amide bonds. The lowest BCUT2D eigenvalue weighted by atomic mass is 10.3. The molecule has 0 radical (unpaired) electrons. The molecule has 0 aliphatic heterocycles. The molecule has 124 valence electrons. The molecule has 0 saturated carbocycles. The lowest BCUT2D eigenvalue weighted by molar-refractivity contribution is -0.113. The van der Waals surface area contributed by atoms with Crippen LogP contribution in [0.5, 0.6) is 0 Å². The van der Waals surface area contributed by atoms with E-state index in [0.717, 1.165) is 24.4 Å². The van der Waals surface area contributed by atoms with E-state index in [9.17, 15) is 13.6 Å². The van der Waals surface area contributed by atoms with Gasteiger partial charge in [-0.2, -0.15) is 0 Å². The van der Waals surface area contributed by atoms with Crippen molar-refractivity contribution in [3.05, 3.63) is 35.7 Å². The molecular formula is C15H18F2N4OS. The highest BCUT2D eigenvalue weighted by Crippen LogP contribution is 2.22. The largest absolute Gasteiger partial charge is 0.323 e. The van der Waals surface area contributed by atoms with Crippen LogP contribution in [0.15, 0.2) is 23.4 Å². The highest BCUT2D eigenvalue weighted by atomic mass is 32.2. The Labute approximate surface area is 137 Å². The number of halogens is 2. The zero-order valence-electron chi connectivity index (χ0n) is 13.1. The maximum absolute atomic E-state index is 13.5. The number of carbonyl (C=O) groups is 1. The first-order valence-electron chi connectivity index (χ1n) is 7.23. The third-order valence-corrected chi connectivity index (χ3v) is 4.05. The molecule has 0 atom stereocenters. The van der Waals surface area contributed by atoms with Crippen molar-refractivity contribution in [1.82, 2.24) is 14.8 Å². The summed E-state index contributed by atoms with van der Waals surface area (Å²) < 4.78 is 28.3. The topological polar surface area (TPSA) is 59.8 Å². The van der Waals surface area contributed by atoms with E-state index in [1.165, 1.54) is 17.8 Å². The molecule has 1 N–H and O–H groups in total. The lowest BCUT2D eigenvalue weighted by Gasteiger charge is -2.12. The molecule has 0 spiro atoms. The molecular weight excluding hydrogens is 322 g/mol. The number of thioether (sulfide) groups is 1. The predicted molar refractivity (Wildman–Crippen MR) is 85.5 cm³/mol. The SMILES string of the molecule is CCc1nnc(SCC(=O)Nc2ccc(F)cc2F)n1C(C)C. The van der Waals surface area contributed by atoms with Gasteiger partial charge in [-0.1, -0.05) is 18.7 Å². The van der Waals surface area contributed by atoms with Crippen molar-refractivity contribution >= 4 is 23.4 Å². The van der Waals surface area contributed by atoms with Crippen LogP contribution < -0.4 is 5.32 Å². The van der Waals surface area contributed by atoms with Gasteiger partial charge in [-0.25, -0.2) is 8.78 Å². The van der Waals surface area contributed by atoms with Crippen molar-refractivity contribution in [2.75, 3.05) is 11.1 Å². The summed E-state index contributed by atoms with van der Waals surface area (Å²) in [5.74, 6) is -0.968. The summed E-state index contributed by atoms with van der Waals surface area (Å²) in [6.07, 6.45) is 0.749. The number of aryl methyl sites for hydroxylation is 1. The van der Waals surface area contributed by atoms with Crippen molar-refractivity contribution in [2.45, 2.75) is 38.4 Å². The number of hydrogen-bond acceptors (Lipinski definition) is 4. The van der Waals surface area contributed by atoms with Gasteiger partial charge in [0.25, 0.3) is 0 Å². The summed E-state index contributed by atoms with van der Waals surface area (Å²) in [5, 5.41) is 11.3. The second-order valence-electron chi connectivity index (χ2n) is 5.18. The number of carbonyl (C=O) groups excluding carboxylic acids is 1. The number of nitrogens with one attached hydrogen (secondary N) is 1. The molecule has 0 unspecified atom stereocenters. The van der Waals surface area contributed by atoms with Gasteiger partial charge < -0.3 is 9.88 Å². The zero-order chi connectivity index (χ0) is 17.0. The maximum Gasteiger partial charge on any atom is 0.234 e. The molecule has 0 saturated heterocycles. The number of hydrogen-bond donors (Lipinski definition) is 1. The van der Waals surface area contributed by atoms with Crippen molar-refractivity contribution in [3.8, 4) is 0 Å². The third-order valence-electron chi connectivity index (χ3n) is 3.11. The highest BCUT2D eigenvalue weighted by Gasteiger charge is 2.16. The lowest BCUT2D eigenvalue weighted by Crippen LogP contribution is -2.16. The Morgan fingerprint density at radius 2 is 2.09 bits per heavy atom. The molecule has 0 aliphatic carbocycles. The van der Waals surface area contributed by atoms with Crippen LogP contribution in [0.2, 0.25) is 0 Å². The van der Waals surface area contributed by atoms with Gasteiger partial charge in [0, 0.05) is 18.5 Å². The molecule has 5 nitrogen and oxygen atoms in total. The van der Waals surface area contributed by atoms with Gasteiger partial charge in [0.1, 0.15) is 17.5 Å². The Hall–Kier alpha value is -1.96. The molecule has 0 fully saturated rings. The summed E-state index contributed by atoms with van der Waals surface area (Å²) in [6, 6.07) is 3.19. The van der Waals surface area contributed by atoms with E-state index in [0.29, 0.717) is 5.16 Å². The van der Waals surface area contributed by atoms with Crippen LogP contribution in [0.25, 0.3) is 0 Å². The average molecular weight is 340 g/mol. The van der Waals surface area contributed by atoms with Gasteiger partial charge in [0.05, 0.1) is 11.4 Å². The second-order valence-corrected chi connectivity index (χ2v) is 6.12. The van der Waals surface area contributed by atoms with Crippen molar-refractivity contribution < 1.29 is 13.6 Å². The van der Waals surface area contributed by atoms with Crippen LogP contribution in [0.3, 0.4) is 0 Å². The maximum atomic E-state index is 13.5. The van der Waals surface area contributed by atoms with E-state index in [4.69, 9.17) is 0 Å². The standard InChI is InChI=1S/C15H18F2N4OS/c1-4-13-19-20-15(21(13)9(2)3)23-8-14(22)18-12-6-5-10(16)7-11(12)17/h5-7,9H,4,8H2,1-3H3,(H,18,22). The van der Waals surface area contributed by atoms with Crippen LogP contribution >= 0.6 is 11.8 Å². The Bertz CT molecular complexity index is 703. The summed E-state index contributed by atoms with van der Waals surface area (Å²) in [7, 11) is 0. The summed E-state index contributed by atoms with van der Waals surface area (Å²) >= 11 is 1.23. The van der Waals surface area contributed by atoms with E-state index in [1.54, 1.807) is 0 Å². The first kappa shape index (κ1) is 17.4. The van der Waals surface area contributed by atoms with E-state index in [-0.39, 0.29) is 17.5 Å². The number of nitrogens with zero attached hydrogens (tertiary/aromatic N) is 3. The molecule has 1 heterocycles. The van der Waals surface area contributed by atoms with E-state index in [1.807, 2.05) is 25.3 Å². The summed E-state index contributed by atoms with van der Waals surface area (Å²) in [4.78, 5) is 11.9. The first-order chi connectivity index (χ1) is 10.9. The Balaban J connectivity index is 2.01. The normalized spacial score (nSPS) is 11.0. The quantitative estimate of drug-likeness (QED) is 0.819. The number of anilines is 1. The Morgan fingerprint density at radius 1 is 1.35 bits per heavy atom. The van der Waals surface area contributed by atoms with Gasteiger partial charge in [-0.15, -0.1) is 10.2 Å². The van der Waals surface area contributed by atoms with Gasteiger partial charge in [-0.3, -0.25) is 4.79 Å². The van der Waals surface area contributed by atoms with Crippen LogP contribution in [0, 0.1) is 11.6 Å². The number of rotatable bonds is 6. The second kappa shape index (κ2) is 7.54. The number of aromatic nitrogens is 3. The highest BCUT2D eigenvalue weighted by molar-refractivity contribution is 7.99. The smallest absolute Gasteiger partial charge is 0.234 e.